The number of nitrogens with zero attached hydrogens (tertiary/aromatic N) is 1. The summed E-state index contributed by atoms with van der Waals surface area (Å²) in [6, 6.07) is 4.76. The summed E-state index contributed by atoms with van der Waals surface area (Å²) in [6.07, 6.45) is 0.550. The van der Waals surface area contributed by atoms with Gasteiger partial charge in [-0.2, -0.15) is 13.2 Å². The number of halogens is 3. The van der Waals surface area contributed by atoms with Gasteiger partial charge in [0.25, 0.3) is 0 Å². The Hall–Kier alpha value is -2.30. The molecular weight excluding hydrogens is 339 g/mol. The fraction of sp³-hybridized carbons (Fsp3) is 0.381. The Bertz CT molecular complexity index is 687. The van der Waals surface area contributed by atoms with Crippen LogP contribution in [-0.2, 0) is 11.0 Å². The summed E-state index contributed by atoms with van der Waals surface area (Å²) >= 11 is 0. The van der Waals surface area contributed by atoms with Crippen molar-refractivity contribution in [3.8, 4) is 0 Å². The molecule has 26 heavy (non-hydrogen) atoms. The molecule has 0 aliphatic carbocycles. The lowest BCUT2D eigenvalue weighted by Crippen LogP contribution is -2.41. The molecule has 0 spiro atoms. The molecular formula is C21H26F3NO. The van der Waals surface area contributed by atoms with Crippen molar-refractivity contribution in [1.29, 1.82) is 0 Å². The molecule has 1 amide bonds. The molecule has 0 aliphatic heterocycles. The van der Waals surface area contributed by atoms with E-state index in [1.165, 1.54) is 18.2 Å². The van der Waals surface area contributed by atoms with E-state index in [0.717, 1.165) is 12.1 Å². The van der Waals surface area contributed by atoms with Crippen LogP contribution in [0, 0.1) is 0 Å². The summed E-state index contributed by atoms with van der Waals surface area (Å²) in [7, 11) is 0. The van der Waals surface area contributed by atoms with E-state index in [2.05, 4.69) is 6.58 Å². The first-order chi connectivity index (χ1) is 12.0. The lowest BCUT2D eigenvalue weighted by atomic mass is 9.96. The van der Waals surface area contributed by atoms with Crippen LogP contribution in [0.25, 0.3) is 5.57 Å². The average molecular weight is 365 g/mol. The molecule has 0 saturated heterocycles. The fourth-order valence-electron chi connectivity index (χ4n) is 2.79. The van der Waals surface area contributed by atoms with Gasteiger partial charge in [-0.1, -0.05) is 30.9 Å². The van der Waals surface area contributed by atoms with E-state index in [9.17, 15) is 18.0 Å². The average Bonchev–Trinajstić information content (AvgIpc) is 2.51. The molecule has 0 bridgehead atoms. The van der Waals surface area contributed by atoms with Crippen molar-refractivity contribution < 1.29 is 18.0 Å². The van der Waals surface area contributed by atoms with E-state index in [1.807, 2.05) is 34.6 Å². The monoisotopic (exact) mass is 365 g/mol. The van der Waals surface area contributed by atoms with Crippen LogP contribution in [0.1, 0.15) is 45.7 Å². The first-order valence-electron chi connectivity index (χ1n) is 8.52. The third-order valence-electron chi connectivity index (χ3n) is 3.87. The van der Waals surface area contributed by atoms with Gasteiger partial charge in [0.2, 0.25) is 5.91 Å². The van der Waals surface area contributed by atoms with Crippen molar-refractivity contribution in [3.63, 3.8) is 0 Å². The fourth-order valence-corrected chi connectivity index (χ4v) is 2.79. The van der Waals surface area contributed by atoms with Gasteiger partial charge in [0.1, 0.15) is 0 Å². The topological polar surface area (TPSA) is 20.3 Å². The Morgan fingerprint density at radius 3 is 1.96 bits per heavy atom. The molecule has 1 rings (SSSR count). The van der Waals surface area contributed by atoms with Gasteiger partial charge in [-0.15, -0.1) is 0 Å². The lowest BCUT2D eigenvalue weighted by molar-refractivity contribution is -0.137. The summed E-state index contributed by atoms with van der Waals surface area (Å²) < 4.78 is 38.4. The molecule has 1 aromatic rings. The second-order valence-corrected chi connectivity index (χ2v) is 6.59. The lowest BCUT2D eigenvalue weighted by Gasteiger charge is -2.30. The highest BCUT2D eigenvalue weighted by Crippen LogP contribution is 2.31. The van der Waals surface area contributed by atoms with Crippen molar-refractivity contribution in [2.24, 2.45) is 0 Å². The number of carbonyl (C=O) groups excluding carboxylic acids is 1. The normalized spacial score (nSPS) is 12.9. The highest BCUT2D eigenvalue weighted by atomic mass is 19.4. The number of carbonyl (C=O) groups is 1. The Kier molecular flexibility index (Phi) is 7.42. The van der Waals surface area contributed by atoms with Crippen molar-refractivity contribution in [3.05, 3.63) is 65.8 Å². The third-order valence-corrected chi connectivity index (χ3v) is 3.87. The minimum Gasteiger partial charge on any atom is -0.334 e. The smallest absolute Gasteiger partial charge is 0.334 e. The van der Waals surface area contributed by atoms with Crippen LogP contribution in [0.4, 0.5) is 13.2 Å². The van der Waals surface area contributed by atoms with Crippen LogP contribution in [0.2, 0.25) is 0 Å². The van der Waals surface area contributed by atoms with E-state index < -0.39 is 11.7 Å². The zero-order chi connectivity index (χ0) is 20.1. The molecule has 5 heteroatoms. The summed E-state index contributed by atoms with van der Waals surface area (Å²) in [5.74, 6) is -0.199. The second kappa shape index (κ2) is 8.88. The van der Waals surface area contributed by atoms with Gasteiger partial charge in [-0.3, -0.25) is 4.79 Å². The first-order valence-corrected chi connectivity index (χ1v) is 8.52. The second-order valence-electron chi connectivity index (χ2n) is 6.59. The number of benzene rings is 1. The quantitative estimate of drug-likeness (QED) is 0.456. The van der Waals surface area contributed by atoms with Crippen LogP contribution in [0.3, 0.4) is 0 Å². The van der Waals surface area contributed by atoms with Crippen molar-refractivity contribution in [2.75, 3.05) is 0 Å². The molecule has 0 unspecified atom stereocenters. The van der Waals surface area contributed by atoms with E-state index >= 15 is 0 Å². The number of alkyl halides is 3. The number of hydrogen-bond donors (Lipinski definition) is 0. The van der Waals surface area contributed by atoms with Crippen LogP contribution in [-0.4, -0.2) is 22.9 Å². The summed E-state index contributed by atoms with van der Waals surface area (Å²) in [5.41, 5.74) is 0.859. The number of hydrogen-bond acceptors (Lipinski definition) is 1. The summed E-state index contributed by atoms with van der Waals surface area (Å²) in [5, 5.41) is 0. The molecule has 142 valence electrons. The Balaban J connectivity index is 3.37. The maximum absolute atomic E-state index is 12.8. The van der Waals surface area contributed by atoms with E-state index in [0.29, 0.717) is 16.7 Å². The Morgan fingerprint density at radius 2 is 1.58 bits per heavy atom. The van der Waals surface area contributed by atoms with Crippen molar-refractivity contribution in [1.82, 2.24) is 4.90 Å². The highest BCUT2D eigenvalue weighted by molar-refractivity contribution is 5.99. The van der Waals surface area contributed by atoms with Crippen molar-refractivity contribution in [2.45, 2.75) is 52.9 Å². The molecule has 1 aromatic carbocycles. The van der Waals surface area contributed by atoms with Crippen LogP contribution in [0.15, 0.2) is 54.6 Å². The van der Waals surface area contributed by atoms with Gasteiger partial charge in [0, 0.05) is 18.2 Å². The van der Waals surface area contributed by atoms with Gasteiger partial charge in [-0.05, 0) is 63.5 Å². The van der Waals surface area contributed by atoms with Gasteiger partial charge >= 0.3 is 6.18 Å². The van der Waals surface area contributed by atoms with Gasteiger partial charge in [0.05, 0.1) is 5.56 Å². The molecule has 0 atom stereocenters. The standard InChI is InChI=1S/C21H26F3NO/c1-7-8-16(6)19(13-20(26)25(14(2)3)15(4)5)17-9-11-18(12-10-17)21(22,23)24/h7-15H,6H2,1-5H3/b8-7+,19-13-. The van der Waals surface area contributed by atoms with Crippen LogP contribution >= 0.6 is 0 Å². The molecule has 0 heterocycles. The summed E-state index contributed by atoms with van der Waals surface area (Å²) in [6.45, 7) is 13.4. The summed E-state index contributed by atoms with van der Waals surface area (Å²) in [4.78, 5) is 14.5. The maximum Gasteiger partial charge on any atom is 0.416 e. The molecule has 0 N–H and O–H groups in total. The number of rotatable bonds is 6. The first kappa shape index (κ1) is 21.7. The molecule has 2 nitrogen and oxygen atoms in total. The van der Waals surface area contributed by atoms with Gasteiger partial charge in [0.15, 0.2) is 0 Å². The van der Waals surface area contributed by atoms with E-state index in [-0.39, 0.29) is 18.0 Å². The Morgan fingerprint density at radius 1 is 1.08 bits per heavy atom. The van der Waals surface area contributed by atoms with Crippen LogP contribution in [0.5, 0.6) is 0 Å². The number of amides is 1. The van der Waals surface area contributed by atoms with Crippen LogP contribution < -0.4 is 0 Å². The SMILES string of the molecule is C=C(/C=C/C)/C(=C/C(=O)N(C(C)C)C(C)C)c1ccc(C(F)(F)F)cc1. The third kappa shape index (κ3) is 5.61. The van der Waals surface area contributed by atoms with Gasteiger partial charge in [-0.25, -0.2) is 0 Å². The largest absolute Gasteiger partial charge is 0.416 e. The Labute approximate surface area is 153 Å². The molecule has 0 radical (unpaired) electrons. The zero-order valence-electron chi connectivity index (χ0n) is 15.9. The highest BCUT2D eigenvalue weighted by Gasteiger charge is 2.30. The van der Waals surface area contributed by atoms with Crippen molar-refractivity contribution >= 4 is 11.5 Å². The molecule has 0 saturated carbocycles. The molecule has 0 aliphatic rings. The predicted octanol–water partition coefficient (Wildman–Crippen LogP) is 5.87. The van der Waals surface area contributed by atoms with Gasteiger partial charge < -0.3 is 4.90 Å². The predicted molar refractivity (Wildman–Crippen MR) is 100 cm³/mol. The number of allylic oxidation sites excluding steroid dienone is 4. The zero-order valence-corrected chi connectivity index (χ0v) is 15.9. The minimum atomic E-state index is -4.40. The minimum absolute atomic E-state index is 0.00240. The van der Waals surface area contributed by atoms with E-state index in [4.69, 9.17) is 0 Å². The maximum atomic E-state index is 12.8. The molecule has 0 aromatic heterocycles. The molecule has 0 fully saturated rings. The van der Waals surface area contributed by atoms with E-state index in [1.54, 1.807) is 17.1 Å².